The first-order chi connectivity index (χ1) is 8.24. The van der Waals surface area contributed by atoms with Gasteiger partial charge in [0.15, 0.2) is 0 Å². The van der Waals surface area contributed by atoms with E-state index in [0.717, 1.165) is 25.7 Å². The van der Waals surface area contributed by atoms with Gasteiger partial charge in [-0.25, -0.2) is 0 Å². The molecule has 0 aliphatic carbocycles. The van der Waals surface area contributed by atoms with E-state index in [1.54, 1.807) is 0 Å². The van der Waals surface area contributed by atoms with Crippen LogP contribution in [0.15, 0.2) is 42.5 Å². The van der Waals surface area contributed by atoms with Crippen molar-refractivity contribution < 1.29 is 9.90 Å². The molecular weight excluding hydrogens is 212 g/mol. The normalized spacial score (nSPS) is 12.8. The summed E-state index contributed by atoms with van der Waals surface area (Å²) in [5, 5.41) is 8.97. The number of hydrogen-bond acceptors (Lipinski definition) is 1. The summed E-state index contributed by atoms with van der Waals surface area (Å²) < 4.78 is 0. The van der Waals surface area contributed by atoms with Crippen molar-refractivity contribution in [2.45, 2.75) is 32.6 Å². The second-order valence-electron chi connectivity index (χ2n) is 4.19. The van der Waals surface area contributed by atoms with Gasteiger partial charge >= 0.3 is 5.97 Å². The van der Waals surface area contributed by atoms with Gasteiger partial charge in [-0.1, -0.05) is 55.8 Å². The summed E-state index contributed by atoms with van der Waals surface area (Å²) >= 11 is 0. The standard InChI is InChI=1S/C15H20O2/c1-2-8-14(15(16)17)12-7-6-11-13-9-4-3-5-10-13/h3-5,7,9-10,12,14H,2,6,8,11H2,1H3,(H,16,17). The van der Waals surface area contributed by atoms with Crippen LogP contribution in [0, 0.1) is 5.92 Å². The summed E-state index contributed by atoms with van der Waals surface area (Å²) in [6, 6.07) is 10.2. The van der Waals surface area contributed by atoms with Gasteiger partial charge in [0.25, 0.3) is 0 Å². The Bertz CT molecular complexity index is 354. The van der Waals surface area contributed by atoms with E-state index in [4.69, 9.17) is 5.11 Å². The van der Waals surface area contributed by atoms with Crippen LogP contribution < -0.4 is 0 Å². The summed E-state index contributed by atoms with van der Waals surface area (Å²) in [5.41, 5.74) is 1.29. The van der Waals surface area contributed by atoms with Crippen molar-refractivity contribution >= 4 is 5.97 Å². The molecule has 0 spiro atoms. The molecule has 1 rings (SSSR count). The van der Waals surface area contributed by atoms with Crippen molar-refractivity contribution in [2.75, 3.05) is 0 Å². The molecule has 0 aromatic heterocycles. The molecule has 1 atom stereocenters. The zero-order chi connectivity index (χ0) is 12.5. The van der Waals surface area contributed by atoms with Crippen LogP contribution >= 0.6 is 0 Å². The van der Waals surface area contributed by atoms with Gasteiger partial charge in [0.2, 0.25) is 0 Å². The fourth-order valence-corrected chi connectivity index (χ4v) is 1.77. The van der Waals surface area contributed by atoms with Crippen molar-refractivity contribution in [2.24, 2.45) is 5.92 Å². The van der Waals surface area contributed by atoms with Crippen LogP contribution in [0.4, 0.5) is 0 Å². The third-order valence-corrected chi connectivity index (χ3v) is 2.73. The van der Waals surface area contributed by atoms with Crippen LogP contribution in [0.5, 0.6) is 0 Å². The molecule has 1 aromatic carbocycles. The highest BCUT2D eigenvalue weighted by Gasteiger charge is 2.11. The number of aliphatic carboxylic acids is 1. The van der Waals surface area contributed by atoms with Crippen LogP contribution in [-0.4, -0.2) is 11.1 Å². The van der Waals surface area contributed by atoms with Crippen molar-refractivity contribution in [1.82, 2.24) is 0 Å². The summed E-state index contributed by atoms with van der Waals surface area (Å²) in [4.78, 5) is 10.9. The van der Waals surface area contributed by atoms with Gasteiger partial charge in [-0.05, 0) is 24.8 Å². The van der Waals surface area contributed by atoms with E-state index in [2.05, 4.69) is 12.1 Å². The monoisotopic (exact) mass is 232 g/mol. The zero-order valence-electron chi connectivity index (χ0n) is 10.3. The Morgan fingerprint density at radius 1 is 1.35 bits per heavy atom. The first-order valence-electron chi connectivity index (χ1n) is 6.17. The molecule has 0 saturated carbocycles. The van der Waals surface area contributed by atoms with Crippen LogP contribution in [0.2, 0.25) is 0 Å². The SMILES string of the molecule is CCCC(C=CCCc1ccccc1)C(=O)O. The Kier molecular flexibility index (Phi) is 6.08. The molecular formula is C15H20O2. The van der Waals surface area contributed by atoms with E-state index in [-0.39, 0.29) is 5.92 Å². The Morgan fingerprint density at radius 3 is 2.65 bits per heavy atom. The molecule has 2 nitrogen and oxygen atoms in total. The number of carbonyl (C=O) groups is 1. The molecule has 1 N–H and O–H groups in total. The molecule has 0 radical (unpaired) electrons. The van der Waals surface area contributed by atoms with E-state index in [1.807, 2.05) is 37.3 Å². The predicted octanol–water partition coefficient (Wildman–Crippen LogP) is 3.68. The third-order valence-electron chi connectivity index (χ3n) is 2.73. The second kappa shape index (κ2) is 7.66. The van der Waals surface area contributed by atoms with Crippen molar-refractivity contribution in [3.05, 3.63) is 48.0 Å². The lowest BCUT2D eigenvalue weighted by Gasteiger charge is -2.04. The van der Waals surface area contributed by atoms with Crippen LogP contribution in [0.25, 0.3) is 0 Å². The molecule has 17 heavy (non-hydrogen) atoms. The van der Waals surface area contributed by atoms with E-state index in [1.165, 1.54) is 5.56 Å². The van der Waals surface area contributed by atoms with E-state index < -0.39 is 5.97 Å². The molecule has 2 heteroatoms. The lowest BCUT2D eigenvalue weighted by Crippen LogP contribution is -2.10. The average molecular weight is 232 g/mol. The van der Waals surface area contributed by atoms with Gasteiger partial charge in [-0.2, -0.15) is 0 Å². The molecule has 0 aliphatic rings. The molecule has 92 valence electrons. The Morgan fingerprint density at radius 2 is 2.06 bits per heavy atom. The quantitative estimate of drug-likeness (QED) is 0.728. The smallest absolute Gasteiger partial charge is 0.310 e. The maximum Gasteiger partial charge on any atom is 0.310 e. The molecule has 0 fully saturated rings. The van der Waals surface area contributed by atoms with Crippen molar-refractivity contribution in [3.8, 4) is 0 Å². The summed E-state index contributed by atoms with van der Waals surface area (Å²) in [7, 11) is 0. The lowest BCUT2D eigenvalue weighted by atomic mass is 10.0. The molecule has 1 unspecified atom stereocenters. The highest BCUT2D eigenvalue weighted by molar-refractivity contribution is 5.72. The first kappa shape index (κ1) is 13.5. The minimum atomic E-state index is -0.720. The lowest BCUT2D eigenvalue weighted by molar-refractivity contribution is -0.140. The number of hydrogen-bond donors (Lipinski definition) is 1. The van der Waals surface area contributed by atoms with Gasteiger partial charge < -0.3 is 5.11 Å². The maximum absolute atomic E-state index is 10.9. The second-order valence-corrected chi connectivity index (χ2v) is 4.19. The van der Waals surface area contributed by atoms with Crippen LogP contribution in [-0.2, 0) is 11.2 Å². The van der Waals surface area contributed by atoms with E-state index in [9.17, 15) is 4.79 Å². The fraction of sp³-hybridized carbons (Fsp3) is 0.400. The number of benzene rings is 1. The predicted molar refractivity (Wildman–Crippen MR) is 69.9 cm³/mol. The third kappa shape index (κ3) is 5.34. The molecule has 0 aliphatic heterocycles. The number of allylic oxidation sites excluding steroid dienone is 1. The maximum atomic E-state index is 10.9. The highest BCUT2D eigenvalue weighted by Crippen LogP contribution is 2.10. The minimum Gasteiger partial charge on any atom is -0.481 e. The van der Waals surface area contributed by atoms with E-state index in [0.29, 0.717) is 0 Å². The molecule has 1 aromatic rings. The van der Waals surface area contributed by atoms with Gasteiger partial charge in [0.05, 0.1) is 5.92 Å². The van der Waals surface area contributed by atoms with Crippen molar-refractivity contribution in [3.63, 3.8) is 0 Å². The summed E-state index contributed by atoms with van der Waals surface area (Å²) in [5.74, 6) is -1.04. The average Bonchev–Trinajstić information content (AvgIpc) is 2.34. The van der Waals surface area contributed by atoms with Crippen LogP contribution in [0.1, 0.15) is 31.7 Å². The van der Waals surface area contributed by atoms with E-state index >= 15 is 0 Å². The van der Waals surface area contributed by atoms with Gasteiger partial charge in [-0.15, -0.1) is 0 Å². The molecule has 0 saturated heterocycles. The van der Waals surface area contributed by atoms with Crippen LogP contribution in [0.3, 0.4) is 0 Å². The molecule has 0 amide bonds. The van der Waals surface area contributed by atoms with Gasteiger partial charge in [0, 0.05) is 0 Å². The molecule has 0 heterocycles. The summed E-state index contributed by atoms with van der Waals surface area (Å²) in [6.07, 6.45) is 7.31. The minimum absolute atomic E-state index is 0.323. The first-order valence-corrected chi connectivity index (χ1v) is 6.17. The number of rotatable bonds is 7. The number of aryl methyl sites for hydroxylation is 1. The fourth-order valence-electron chi connectivity index (χ4n) is 1.77. The topological polar surface area (TPSA) is 37.3 Å². The van der Waals surface area contributed by atoms with Gasteiger partial charge in [-0.3, -0.25) is 4.79 Å². The largest absolute Gasteiger partial charge is 0.481 e. The molecule has 0 bridgehead atoms. The number of carboxylic acids is 1. The van der Waals surface area contributed by atoms with Gasteiger partial charge in [0.1, 0.15) is 0 Å². The Hall–Kier alpha value is -1.57. The zero-order valence-corrected chi connectivity index (χ0v) is 10.3. The summed E-state index contributed by atoms with van der Waals surface area (Å²) in [6.45, 7) is 2.01. The Labute approximate surface area is 103 Å². The highest BCUT2D eigenvalue weighted by atomic mass is 16.4. The number of carboxylic acid groups (broad SMARTS) is 1. The Balaban J connectivity index is 2.36. The van der Waals surface area contributed by atoms with Crippen molar-refractivity contribution in [1.29, 1.82) is 0 Å².